The van der Waals surface area contributed by atoms with Gasteiger partial charge in [0.1, 0.15) is 0 Å². The minimum atomic E-state index is -0.0423. The molecule has 0 saturated carbocycles. The van der Waals surface area contributed by atoms with Crippen molar-refractivity contribution in [2.45, 2.75) is 6.61 Å². The van der Waals surface area contributed by atoms with Gasteiger partial charge < -0.3 is 19.9 Å². The number of aromatic nitrogens is 1. The Morgan fingerprint density at radius 1 is 1.35 bits per heavy atom. The molecule has 0 spiro atoms. The molecule has 1 aliphatic rings. The molecule has 0 saturated heterocycles. The summed E-state index contributed by atoms with van der Waals surface area (Å²) in [5.41, 5.74) is 1.55. The summed E-state index contributed by atoms with van der Waals surface area (Å²) in [5.74, 6) is 1.49. The van der Waals surface area contributed by atoms with Crippen molar-refractivity contribution >= 4 is 22.2 Å². The Labute approximate surface area is 102 Å². The fourth-order valence-corrected chi connectivity index (χ4v) is 2.26. The third-order valence-corrected chi connectivity index (χ3v) is 3.14. The Balaban J connectivity index is 1.80. The minimum Gasteiger partial charge on any atom is -0.454 e. The standard InChI is InChI=1S/C11H10N2O3S/c14-4-8-5-17-11(13-8)12-7-1-2-9-10(3-7)16-6-15-9/h1-3,5,14H,4,6H2,(H,12,13). The molecule has 2 heterocycles. The molecule has 0 atom stereocenters. The molecular weight excluding hydrogens is 240 g/mol. The van der Waals surface area contributed by atoms with E-state index in [0.717, 1.165) is 22.3 Å². The summed E-state index contributed by atoms with van der Waals surface area (Å²) in [7, 11) is 0. The summed E-state index contributed by atoms with van der Waals surface area (Å²) in [6.45, 7) is 0.226. The predicted octanol–water partition coefficient (Wildman–Crippen LogP) is 2.11. The van der Waals surface area contributed by atoms with Crippen LogP contribution in [0.4, 0.5) is 10.8 Å². The van der Waals surface area contributed by atoms with Crippen molar-refractivity contribution in [3.05, 3.63) is 29.3 Å². The number of hydrogen-bond acceptors (Lipinski definition) is 6. The van der Waals surface area contributed by atoms with Gasteiger partial charge >= 0.3 is 0 Å². The monoisotopic (exact) mass is 250 g/mol. The van der Waals surface area contributed by atoms with E-state index in [2.05, 4.69) is 10.3 Å². The molecule has 0 unspecified atom stereocenters. The molecule has 88 valence electrons. The molecule has 0 fully saturated rings. The van der Waals surface area contributed by atoms with Crippen LogP contribution in [0.5, 0.6) is 11.5 Å². The highest BCUT2D eigenvalue weighted by atomic mass is 32.1. The number of rotatable bonds is 3. The van der Waals surface area contributed by atoms with Crippen LogP contribution in [0.3, 0.4) is 0 Å². The molecule has 1 aromatic carbocycles. The topological polar surface area (TPSA) is 63.6 Å². The van der Waals surface area contributed by atoms with E-state index >= 15 is 0 Å². The number of aliphatic hydroxyl groups excluding tert-OH is 1. The molecule has 2 aromatic rings. The molecule has 1 aliphatic heterocycles. The SMILES string of the molecule is OCc1csc(Nc2ccc3c(c2)OCO3)n1. The summed E-state index contributed by atoms with van der Waals surface area (Å²) in [4.78, 5) is 4.20. The third-order valence-electron chi connectivity index (χ3n) is 2.34. The summed E-state index contributed by atoms with van der Waals surface area (Å²) < 4.78 is 10.5. The van der Waals surface area contributed by atoms with E-state index < -0.39 is 0 Å². The number of nitrogens with zero attached hydrogens (tertiary/aromatic N) is 1. The maximum atomic E-state index is 8.92. The highest BCUT2D eigenvalue weighted by Gasteiger charge is 2.13. The lowest BCUT2D eigenvalue weighted by atomic mass is 10.3. The number of benzene rings is 1. The van der Waals surface area contributed by atoms with Crippen LogP contribution in [0.2, 0.25) is 0 Å². The van der Waals surface area contributed by atoms with Crippen LogP contribution >= 0.6 is 11.3 Å². The third kappa shape index (κ3) is 2.04. The number of aliphatic hydroxyl groups is 1. The van der Waals surface area contributed by atoms with Gasteiger partial charge in [0.05, 0.1) is 12.3 Å². The number of anilines is 2. The molecule has 17 heavy (non-hydrogen) atoms. The second-order valence-electron chi connectivity index (χ2n) is 3.50. The van der Waals surface area contributed by atoms with Crippen LogP contribution in [0.15, 0.2) is 23.6 Å². The minimum absolute atomic E-state index is 0.0423. The molecule has 0 bridgehead atoms. The first-order valence-corrected chi connectivity index (χ1v) is 5.95. The van der Waals surface area contributed by atoms with E-state index in [0.29, 0.717) is 5.69 Å². The number of ether oxygens (including phenoxy) is 2. The Hall–Kier alpha value is -1.79. The van der Waals surface area contributed by atoms with E-state index in [9.17, 15) is 0 Å². The molecule has 0 radical (unpaired) electrons. The van der Waals surface area contributed by atoms with Crippen molar-refractivity contribution in [2.75, 3.05) is 12.1 Å². The van der Waals surface area contributed by atoms with Gasteiger partial charge in [0.15, 0.2) is 16.6 Å². The largest absolute Gasteiger partial charge is 0.454 e. The van der Waals surface area contributed by atoms with Crippen molar-refractivity contribution < 1.29 is 14.6 Å². The lowest BCUT2D eigenvalue weighted by Crippen LogP contribution is -1.93. The van der Waals surface area contributed by atoms with Crippen LogP contribution in [0.1, 0.15) is 5.69 Å². The van der Waals surface area contributed by atoms with E-state index in [1.807, 2.05) is 23.6 Å². The van der Waals surface area contributed by atoms with E-state index in [1.165, 1.54) is 11.3 Å². The normalized spacial score (nSPS) is 12.8. The fourth-order valence-electron chi connectivity index (χ4n) is 1.53. The first-order valence-electron chi connectivity index (χ1n) is 5.07. The quantitative estimate of drug-likeness (QED) is 0.873. The van der Waals surface area contributed by atoms with Crippen molar-refractivity contribution in [1.82, 2.24) is 4.98 Å². The maximum Gasteiger partial charge on any atom is 0.231 e. The lowest BCUT2D eigenvalue weighted by Gasteiger charge is -2.03. The van der Waals surface area contributed by atoms with Crippen molar-refractivity contribution in [3.63, 3.8) is 0 Å². The molecular formula is C11H10N2O3S. The first-order chi connectivity index (χ1) is 8.35. The van der Waals surface area contributed by atoms with Crippen molar-refractivity contribution in [3.8, 4) is 11.5 Å². The average molecular weight is 250 g/mol. The predicted molar refractivity (Wildman–Crippen MR) is 63.9 cm³/mol. The summed E-state index contributed by atoms with van der Waals surface area (Å²) >= 11 is 1.45. The fraction of sp³-hybridized carbons (Fsp3) is 0.182. The molecule has 0 amide bonds. The van der Waals surface area contributed by atoms with Gasteiger partial charge in [0.25, 0.3) is 0 Å². The lowest BCUT2D eigenvalue weighted by molar-refractivity contribution is 0.174. The van der Waals surface area contributed by atoms with Gasteiger partial charge in [0, 0.05) is 17.1 Å². The van der Waals surface area contributed by atoms with E-state index in [-0.39, 0.29) is 13.4 Å². The van der Waals surface area contributed by atoms with Crippen molar-refractivity contribution in [2.24, 2.45) is 0 Å². The Morgan fingerprint density at radius 3 is 3.06 bits per heavy atom. The number of hydrogen-bond donors (Lipinski definition) is 2. The Morgan fingerprint density at radius 2 is 2.24 bits per heavy atom. The Bertz CT molecular complexity index is 541. The second-order valence-corrected chi connectivity index (χ2v) is 4.35. The van der Waals surface area contributed by atoms with Gasteiger partial charge in [-0.3, -0.25) is 0 Å². The van der Waals surface area contributed by atoms with Crippen molar-refractivity contribution in [1.29, 1.82) is 0 Å². The Kier molecular flexibility index (Phi) is 2.58. The first kappa shape index (κ1) is 10.4. The molecule has 3 rings (SSSR count). The summed E-state index contributed by atoms with van der Waals surface area (Å²) in [6, 6.07) is 5.61. The van der Waals surface area contributed by atoms with Crippen LogP contribution in [0, 0.1) is 0 Å². The van der Waals surface area contributed by atoms with Gasteiger partial charge in [0.2, 0.25) is 6.79 Å². The highest BCUT2D eigenvalue weighted by molar-refractivity contribution is 7.13. The molecule has 1 aromatic heterocycles. The molecule has 6 heteroatoms. The average Bonchev–Trinajstić information content (AvgIpc) is 2.96. The number of nitrogens with one attached hydrogen (secondary N) is 1. The zero-order valence-corrected chi connectivity index (χ0v) is 9.66. The second kappa shape index (κ2) is 4.23. The van der Waals surface area contributed by atoms with Crippen LogP contribution < -0.4 is 14.8 Å². The van der Waals surface area contributed by atoms with Gasteiger partial charge in [-0.15, -0.1) is 11.3 Å². The molecule has 0 aliphatic carbocycles. The van der Waals surface area contributed by atoms with E-state index in [1.54, 1.807) is 0 Å². The number of thiazole rings is 1. The van der Waals surface area contributed by atoms with Crippen LogP contribution in [-0.2, 0) is 6.61 Å². The zero-order valence-electron chi connectivity index (χ0n) is 8.84. The van der Waals surface area contributed by atoms with Gasteiger partial charge in [-0.2, -0.15) is 0 Å². The van der Waals surface area contributed by atoms with Crippen LogP contribution in [0.25, 0.3) is 0 Å². The highest BCUT2D eigenvalue weighted by Crippen LogP contribution is 2.35. The summed E-state index contributed by atoms with van der Waals surface area (Å²) in [5, 5.41) is 14.6. The zero-order chi connectivity index (χ0) is 11.7. The van der Waals surface area contributed by atoms with E-state index in [4.69, 9.17) is 14.6 Å². The van der Waals surface area contributed by atoms with Gasteiger partial charge in [-0.05, 0) is 12.1 Å². The molecule has 5 nitrogen and oxygen atoms in total. The summed E-state index contributed by atoms with van der Waals surface area (Å²) in [6.07, 6.45) is 0. The maximum absolute atomic E-state index is 8.92. The van der Waals surface area contributed by atoms with Gasteiger partial charge in [-0.25, -0.2) is 4.98 Å². The van der Waals surface area contributed by atoms with Gasteiger partial charge in [-0.1, -0.05) is 0 Å². The molecule has 2 N–H and O–H groups in total. The smallest absolute Gasteiger partial charge is 0.231 e. The van der Waals surface area contributed by atoms with Crippen LogP contribution in [-0.4, -0.2) is 16.9 Å². The number of fused-ring (bicyclic) bond motifs is 1.